The van der Waals surface area contributed by atoms with Crippen LogP contribution in [0.5, 0.6) is 0 Å². The SMILES string of the molecule is Cc1cccc(C)c1NC(=S)N/N=C/c1ccc2c(ccc3c2ncn3-c2ccc(Cl)cc2)c1. The largest absolute Gasteiger partial charge is 0.331 e. The molecule has 0 aliphatic carbocycles. The quantitative estimate of drug-likeness (QED) is 0.168. The van der Waals surface area contributed by atoms with Gasteiger partial charge in [0.2, 0.25) is 0 Å². The molecular weight excluding hydrogens is 462 g/mol. The van der Waals surface area contributed by atoms with Crippen LogP contribution in [0.4, 0.5) is 5.69 Å². The molecular formula is C27H22ClN5S. The highest BCUT2D eigenvalue weighted by atomic mass is 35.5. The summed E-state index contributed by atoms with van der Waals surface area (Å²) in [6.45, 7) is 4.09. The number of para-hydroxylation sites is 1. The number of rotatable bonds is 4. The van der Waals surface area contributed by atoms with Crippen molar-refractivity contribution in [3.8, 4) is 5.69 Å². The van der Waals surface area contributed by atoms with Gasteiger partial charge in [-0.05, 0) is 84.5 Å². The summed E-state index contributed by atoms with van der Waals surface area (Å²) in [5.74, 6) is 0. The third-order valence-corrected chi connectivity index (χ3v) is 6.21. The van der Waals surface area contributed by atoms with Gasteiger partial charge in [0.15, 0.2) is 5.11 Å². The lowest BCUT2D eigenvalue weighted by Gasteiger charge is -2.12. The monoisotopic (exact) mass is 483 g/mol. The van der Waals surface area contributed by atoms with Gasteiger partial charge in [0, 0.05) is 21.8 Å². The summed E-state index contributed by atoms with van der Waals surface area (Å²) in [7, 11) is 0. The van der Waals surface area contributed by atoms with Gasteiger partial charge in [0.1, 0.15) is 6.33 Å². The Balaban J connectivity index is 1.35. The Morgan fingerprint density at radius 3 is 2.53 bits per heavy atom. The number of nitrogens with one attached hydrogen (secondary N) is 2. The van der Waals surface area contributed by atoms with Gasteiger partial charge in [0.25, 0.3) is 0 Å². The predicted molar refractivity (Wildman–Crippen MR) is 146 cm³/mol. The van der Waals surface area contributed by atoms with E-state index in [1.165, 1.54) is 0 Å². The van der Waals surface area contributed by atoms with Crippen LogP contribution in [0.25, 0.3) is 27.5 Å². The molecule has 0 aliphatic heterocycles. The first-order valence-electron chi connectivity index (χ1n) is 10.8. The van der Waals surface area contributed by atoms with Crippen LogP contribution in [0, 0.1) is 13.8 Å². The van der Waals surface area contributed by atoms with Crippen molar-refractivity contribution < 1.29 is 0 Å². The first-order chi connectivity index (χ1) is 16.5. The minimum absolute atomic E-state index is 0.448. The lowest BCUT2D eigenvalue weighted by atomic mass is 10.1. The molecule has 0 amide bonds. The maximum Gasteiger partial charge on any atom is 0.191 e. The first-order valence-corrected chi connectivity index (χ1v) is 11.6. The average Bonchev–Trinajstić information content (AvgIpc) is 3.26. The Morgan fingerprint density at radius 2 is 1.76 bits per heavy atom. The molecule has 0 atom stereocenters. The van der Waals surface area contributed by atoms with Crippen molar-refractivity contribution in [2.45, 2.75) is 13.8 Å². The number of fused-ring (bicyclic) bond motifs is 3. The summed E-state index contributed by atoms with van der Waals surface area (Å²) in [6, 6.07) is 24.2. The van der Waals surface area contributed by atoms with E-state index in [0.717, 1.165) is 49.9 Å². The van der Waals surface area contributed by atoms with Crippen LogP contribution in [0.1, 0.15) is 16.7 Å². The van der Waals surface area contributed by atoms with Crippen molar-refractivity contribution in [2.24, 2.45) is 5.10 Å². The molecule has 7 heteroatoms. The number of anilines is 1. The van der Waals surface area contributed by atoms with Crippen LogP contribution in [0.2, 0.25) is 5.02 Å². The van der Waals surface area contributed by atoms with Crippen LogP contribution < -0.4 is 10.7 Å². The second-order valence-corrected chi connectivity index (χ2v) is 8.94. The molecule has 5 aromatic rings. The summed E-state index contributed by atoms with van der Waals surface area (Å²) < 4.78 is 2.06. The van der Waals surface area contributed by atoms with Crippen LogP contribution in [0.15, 0.2) is 84.2 Å². The molecule has 0 fully saturated rings. The number of hydrogen-bond acceptors (Lipinski definition) is 3. The number of thiocarbonyl (C=S) groups is 1. The van der Waals surface area contributed by atoms with Crippen molar-refractivity contribution in [1.82, 2.24) is 15.0 Å². The fourth-order valence-corrected chi connectivity index (χ4v) is 4.32. The Hall–Kier alpha value is -3.74. The summed E-state index contributed by atoms with van der Waals surface area (Å²) in [6.07, 6.45) is 3.60. The van der Waals surface area contributed by atoms with Crippen molar-refractivity contribution in [1.29, 1.82) is 0 Å². The maximum absolute atomic E-state index is 6.04. The maximum atomic E-state index is 6.04. The number of hydrazone groups is 1. The van der Waals surface area contributed by atoms with E-state index in [4.69, 9.17) is 23.8 Å². The molecule has 5 rings (SSSR count). The first kappa shape index (κ1) is 22.1. The number of aryl methyl sites for hydroxylation is 2. The fraction of sp³-hybridized carbons (Fsp3) is 0.0741. The van der Waals surface area contributed by atoms with Crippen LogP contribution in [-0.4, -0.2) is 20.9 Å². The Labute approximate surface area is 208 Å². The molecule has 34 heavy (non-hydrogen) atoms. The van der Waals surface area contributed by atoms with Gasteiger partial charge >= 0.3 is 0 Å². The van der Waals surface area contributed by atoms with Gasteiger partial charge in [-0.15, -0.1) is 0 Å². The third kappa shape index (κ3) is 4.38. The zero-order chi connectivity index (χ0) is 23.7. The summed E-state index contributed by atoms with van der Waals surface area (Å²) in [5.41, 5.74) is 10.1. The van der Waals surface area contributed by atoms with Gasteiger partial charge < -0.3 is 5.32 Å². The molecule has 0 spiro atoms. The highest BCUT2D eigenvalue weighted by Gasteiger charge is 2.09. The lowest BCUT2D eigenvalue weighted by molar-refractivity contribution is 1.05. The molecule has 0 unspecified atom stereocenters. The zero-order valence-corrected chi connectivity index (χ0v) is 20.3. The van der Waals surface area contributed by atoms with Crippen molar-refractivity contribution >= 4 is 62.6 Å². The molecule has 4 aromatic carbocycles. The summed E-state index contributed by atoms with van der Waals surface area (Å²) >= 11 is 11.4. The Kier molecular flexibility index (Phi) is 6.01. The van der Waals surface area contributed by atoms with E-state index < -0.39 is 0 Å². The normalized spacial score (nSPS) is 11.4. The molecule has 5 nitrogen and oxygen atoms in total. The highest BCUT2D eigenvalue weighted by Crippen LogP contribution is 2.27. The van der Waals surface area contributed by atoms with E-state index in [9.17, 15) is 0 Å². The molecule has 168 valence electrons. The van der Waals surface area contributed by atoms with Gasteiger partial charge in [-0.2, -0.15) is 5.10 Å². The number of imidazole rings is 1. The van der Waals surface area contributed by atoms with E-state index in [-0.39, 0.29) is 0 Å². The number of halogens is 1. The van der Waals surface area contributed by atoms with E-state index in [0.29, 0.717) is 10.1 Å². The Morgan fingerprint density at radius 1 is 1.00 bits per heavy atom. The smallest absolute Gasteiger partial charge is 0.191 e. The number of hydrogen-bond donors (Lipinski definition) is 2. The van der Waals surface area contributed by atoms with Crippen molar-refractivity contribution in [3.63, 3.8) is 0 Å². The predicted octanol–water partition coefficient (Wildman–Crippen LogP) is 6.77. The van der Waals surface area contributed by atoms with E-state index in [2.05, 4.69) is 49.7 Å². The minimum atomic E-state index is 0.448. The van der Waals surface area contributed by atoms with E-state index in [1.807, 2.05) is 68.7 Å². The second-order valence-electron chi connectivity index (χ2n) is 8.10. The van der Waals surface area contributed by atoms with Crippen molar-refractivity contribution in [3.05, 3.63) is 101 Å². The third-order valence-electron chi connectivity index (χ3n) is 5.76. The van der Waals surface area contributed by atoms with Crippen LogP contribution >= 0.6 is 23.8 Å². The molecule has 0 aliphatic rings. The minimum Gasteiger partial charge on any atom is -0.331 e. The standard InChI is InChI=1S/C27H22ClN5S/c1-17-4-3-5-18(2)25(17)31-27(34)32-30-15-19-6-12-23-20(14-19)7-13-24-26(23)29-16-33(24)22-10-8-21(28)9-11-22/h3-16H,1-2H3,(H2,31,32,34)/b30-15+. The topological polar surface area (TPSA) is 54.2 Å². The summed E-state index contributed by atoms with van der Waals surface area (Å²) in [5, 5.41) is 10.9. The van der Waals surface area contributed by atoms with Crippen LogP contribution in [0.3, 0.4) is 0 Å². The molecule has 1 aromatic heterocycles. The van der Waals surface area contributed by atoms with Gasteiger partial charge in [-0.25, -0.2) is 4.98 Å². The number of benzene rings is 4. The van der Waals surface area contributed by atoms with E-state index >= 15 is 0 Å². The molecule has 0 saturated carbocycles. The van der Waals surface area contributed by atoms with Gasteiger partial charge in [-0.3, -0.25) is 9.99 Å². The number of aromatic nitrogens is 2. The second kappa shape index (κ2) is 9.25. The van der Waals surface area contributed by atoms with Gasteiger partial charge in [-0.1, -0.05) is 48.0 Å². The molecule has 0 radical (unpaired) electrons. The molecule has 1 heterocycles. The molecule has 0 saturated heterocycles. The van der Waals surface area contributed by atoms with Crippen LogP contribution in [-0.2, 0) is 0 Å². The fourth-order valence-electron chi connectivity index (χ4n) is 4.03. The average molecular weight is 484 g/mol. The highest BCUT2D eigenvalue weighted by molar-refractivity contribution is 7.80. The lowest BCUT2D eigenvalue weighted by Crippen LogP contribution is -2.24. The zero-order valence-electron chi connectivity index (χ0n) is 18.7. The number of nitrogens with zero attached hydrogens (tertiary/aromatic N) is 3. The summed E-state index contributed by atoms with van der Waals surface area (Å²) in [4.78, 5) is 4.67. The molecule has 0 bridgehead atoms. The van der Waals surface area contributed by atoms with E-state index in [1.54, 1.807) is 6.21 Å². The molecule has 2 N–H and O–H groups in total. The van der Waals surface area contributed by atoms with Crippen molar-refractivity contribution in [2.75, 3.05) is 5.32 Å². The van der Waals surface area contributed by atoms with Gasteiger partial charge in [0.05, 0.1) is 17.2 Å². The Bertz CT molecular complexity index is 1530.